The first kappa shape index (κ1) is 14.7. The second kappa shape index (κ2) is 6.17. The first-order chi connectivity index (χ1) is 9.52. The van der Waals surface area contributed by atoms with Gasteiger partial charge in [0.05, 0.1) is 11.6 Å². The summed E-state index contributed by atoms with van der Waals surface area (Å²) in [4.78, 5) is 24.5. The van der Waals surface area contributed by atoms with E-state index in [0.717, 1.165) is 17.7 Å². The van der Waals surface area contributed by atoms with Crippen LogP contribution in [0.15, 0.2) is 6.20 Å². The van der Waals surface area contributed by atoms with E-state index in [1.54, 1.807) is 4.68 Å². The fourth-order valence-electron chi connectivity index (χ4n) is 2.15. The van der Waals surface area contributed by atoms with Gasteiger partial charge in [-0.15, -0.1) is 11.8 Å². The number of rotatable bonds is 4. The molecule has 8 heteroatoms. The van der Waals surface area contributed by atoms with E-state index in [9.17, 15) is 9.59 Å². The third-order valence-electron chi connectivity index (χ3n) is 3.18. The summed E-state index contributed by atoms with van der Waals surface area (Å²) < 4.78 is 1.71. The summed E-state index contributed by atoms with van der Waals surface area (Å²) in [7, 11) is 1.84. The number of carboxylic acids is 1. The zero-order valence-corrected chi connectivity index (χ0v) is 12.3. The molecule has 1 fully saturated rings. The first-order valence-electron chi connectivity index (χ1n) is 6.39. The average Bonchev–Trinajstić information content (AvgIpc) is 3.01. The normalized spacial score (nSPS) is 18.3. The Morgan fingerprint density at radius 1 is 1.60 bits per heavy atom. The minimum atomic E-state index is -0.958. The number of amides is 2. The molecule has 1 aromatic heterocycles. The highest BCUT2D eigenvalue weighted by molar-refractivity contribution is 7.99. The molecule has 0 aromatic carbocycles. The monoisotopic (exact) mass is 298 g/mol. The van der Waals surface area contributed by atoms with Crippen molar-refractivity contribution in [1.29, 1.82) is 0 Å². The van der Waals surface area contributed by atoms with Gasteiger partial charge in [0.15, 0.2) is 0 Å². The van der Waals surface area contributed by atoms with Gasteiger partial charge in [-0.2, -0.15) is 5.10 Å². The molecule has 0 aliphatic carbocycles. The number of carboxylic acid groups (broad SMARTS) is 1. The number of hydrogen-bond acceptors (Lipinski definition) is 4. The molecule has 0 spiro atoms. The molecule has 1 saturated heterocycles. The van der Waals surface area contributed by atoms with E-state index in [1.807, 2.05) is 20.2 Å². The lowest BCUT2D eigenvalue weighted by Gasteiger charge is -2.20. The lowest BCUT2D eigenvalue weighted by atomic mass is 10.2. The van der Waals surface area contributed by atoms with Crippen LogP contribution in [0.4, 0.5) is 4.79 Å². The molecule has 0 saturated carbocycles. The maximum Gasteiger partial charge on any atom is 0.327 e. The number of aromatic nitrogens is 2. The minimum Gasteiger partial charge on any atom is -0.480 e. The SMILES string of the molecule is CCc1nn(C)cc1CNC(=O)N1CSCC1C(=O)O. The lowest BCUT2D eigenvalue weighted by molar-refractivity contribution is -0.140. The lowest BCUT2D eigenvalue weighted by Crippen LogP contribution is -2.46. The van der Waals surface area contributed by atoms with E-state index in [1.165, 1.54) is 16.7 Å². The van der Waals surface area contributed by atoms with Crippen molar-refractivity contribution < 1.29 is 14.7 Å². The zero-order valence-electron chi connectivity index (χ0n) is 11.5. The molecule has 0 bridgehead atoms. The Kier molecular flexibility index (Phi) is 4.53. The van der Waals surface area contributed by atoms with Crippen molar-refractivity contribution in [2.45, 2.75) is 25.9 Å². The van der Waals surface area contributed by atoms with Gasteiger partial charge < -0.3 is 15.3 Å². The number of carbonyl (C=O) groups is 2. The van der Waals surface area contributed by atoms with Gasteiger partial charge in [0.2, 0.25) is 0 Å². The second-order valence-corrected chi connectivity index (χ2v) is 5.61. The Morgan fingerprint density at radius 3 is 3.00 bits per heavy atom. The number of urea groups is 1. The van der Waals surface area contributed by atoms with Crippen LogP contribution in [0.1, 0.15) is 18.2 Å². The highest BCUT2D eigenvalue weighted by Crippen LogP contribution is 2.21. The predicted octanol–water partition coefficient (Wildman–Crippen LogP) is 0.652. The molecule has 2 rings (SSSR count). The molecule has 0 radical (unpaired) electrons. The van der Waals surface area contributed by atoms with Crippen molar-refractivity contribution in [3.05, 3.63) is 17.5 Å². The summed E-state index contributed by atoms with van der Waals surface area (Å²) in [6, 6.07) is -1.08. The van der Waals surface area contributed by atoms with Crippen molar-refractivity contribution in [1.82, 2.24) is 20.0 Å². The molecular formula is C12H18N4O3S. The molecule has 110 valence electrons. The minimum absolute atomic E-state index is 0.340. The fraction of sp³-hybridized carbons (Fsp3) is 0.583. The van der Waals surface area contributed by atoms with E-state index >= 15 is 0 Å². The summed E-state index contributed by atoms with van der Waals surface area (Å²) in [6.45, 7) is 2.37. The van der Waals surface area contributed by atoms with Crippen molar-refractivity contribution >= 4 is 23.8 Å². The Balaban J connectivity index is 1.96. The van der Waals surface area contributed by atoms with Crippen molar-refractivity contribution in [2.24, 2.45) is 7.05 Å². The van der Waals surface area contributed by atoms with Crippen LogP contribution < -0.4 is 5.32 Å². The van der Waals surface area contributed by atoms with Crippen LogP contribution in [0.25, 0.3) is 0 Å². The number of aliphatic carboxylic acids is 1. The van der Waals surface area contributed by atoms with Crippen molar-refractivity contribution in [2.75, 3.05) is 11.6 Å². The summed E-state index contributed by atoms with van der Waals surface area (Å²) in [5, 5.41) is 16.1. The summed E-state index contributed by atoms with van der Waals surface area (Å²) in [5.74, 6) is -0.104. The summed E-state index contributed by atoms with van der Waals surface area (Å²) in [6.07, 6.45) is 2.66. The maximum absolute atomic E-state index is 12.1. The van der Waals surface area contributed by atoms with E-state index in [-0.39, 0.29) is 6.03 Å². The Bertz CT molecular complexity index is 517. The molecule has 20 heavy (non-hydrogen) atoms. The van der Waals surface area contributed by atoms with E-state index in [4.69, 9.17) is 5.11 Å². The number of nitrogens with zero attached hydrogens (tertiary/aromatic N) is 3. The fourth-order valence-corrected chi connectivity index (χ4v) is 3.29. The molecular weight excluding hydrogens is 280 g/mol. The van der Waals surface area contributed by atoms with E-state index in [2.05, 4.69) is 10.4 Å². The Morgan fingerprint density at radius 2 is 2.35 bits per heavy atom. The molecule has 2 heterocycles. The predicted molar refractivity (Wildman–Crippen MR) is 75.4 cm³/mol. The van der Waals surface area contributed by atoms with Crippen molar-refractivity contribution in [3.8, 4) is 0 Å². The van der Waals surface area contributed by atoms with Crippen molar-refractivity contribution in [3.63, 3.8) is 0 Å². The van der Waals surface area contributed by atoms with Gasteiger partial charge in [0.1, 0.15) is 6.04 Å². The van der Waals surface area contributed by atoms with Crippen LogP contribution >= 0.6 is 11.8 Å². The average molecular weight is 298 g/mol. The van der Waals surface area contributed by atoms with Crippen LogP contribution in [0.2, 0.25) is 0 Å². The van der Waals surface area contributed by atoms with Crippen LogP contribution in [-0.2, 0) is 24.8 Å². The van der Waals surface area contributed by atoms with Crippen LogP contribution in [-0.4, -0.2) is 49.5 Å². The van der Waals surface area contributed by atoms with Gasteiger partial charge in [-0.3, -0.25) is 4.68 Å². The van der Waals surface area contributed by atoms with Crippen LogP contribution in [0, 0.1) is 0 Å². The van der Waals surface area contributed by atoms with E-state index in [0.29, 0.717) is 18.2 Å². The number of hydrogen-bond donors (Lipinski definition) is 2. The molecule has 2 N–H and O–H groups in total. The van der Waals surface area contributed by atoms with Gasteiger partial charge >= 0.3 is 12.0 Å². The van der Waals surface area contributed by atoms with Gasteiger partial charge in [-0.25, -0.2) is 9.59 Å². The quantitative estimate of drug-likeness (QED) is 0.852. The number of carbonyl (C=O) groups excluding carboxylic acids is 1. The molecule has 1 atom stereocenters. The first-order valence-corrected chi connectivity index (χ1v) is 7.54. The molecule has 1 aromatic rings. The zero-order chi connectivity index (χ0) is 14.7. The molecule has 2 amide bonds. The maximum atomic E-state index is 12.1. The topological polar surface area (TPSA) is 87.5 Å². The summed E-state index contributed by atoms with van der Waals surface area (Å²) >= 11 is 1.45. The second-order valence-electron chi connectivity index (χ2n) is 4.61. The summed E-state index contributed by atoms with van der Waals surface area (Å²) in [5.41, 5.74) is 1.90. The standard InChI is InChI=1S/C12H18N4O3S/c1-3-9-8(5-15(2)14-9)4-13-12(19)16-7-20-6-10(16)11(17)18/h5,10H,3-4,6-7H2,1-2H3,(H,13,19)(H,17,18). The smallest absolute Gasteiger partial charge is 0.327 e. The molecule has 1 unspecified atom stereocenters. The number of aryl methyl sites for hydroxylation is 2. The molecule has 1 aliphatic rings. The van der Waals surface area contributed by atoms with Gasteiger partial charge in [-0.1, -0.05) is 6.92 Å². The largest absolute Gasteiger partial charge is 0.480 e. The highest BCUT2D eigenvalue weighted by Gasteiger charge is 2.34. The number of thioether (sulfide) groups is 1. The Hall–Kier alpha value is -1.70. The van der Waals surface area contributed by atoms with Crippen LogP contribution in [0.5, 0.6) is 0 Å². The third-order valence-corrected chi connectivity index (χ3v) is 4.20. The third kappa shape index (κ3) is 3.06. The van der Waals surface area contributed by atoms with Gasteiger partial charge in [0.25, 0.3) is 0 Å². The van der Waals surface area contributed by atoms with Crippen LogP contribution in [0.3, 0.4) is 0 Å². The number of nitrogens with one attached hydrogen (secondary N) is 1. The molecule has 1 aliphatic heterocycles. The highest BCUT2D eigenvalue weighted by atomic mass is 32.2. The van der Waals surface area contributed by atoms with Gasteiger partial charge in [-0.05, 0) is 6.42 Å². The van der Waals surface area contributed by atoms with Gasteiger partial charge in [0, 0.05) is 31.1 Å². The van der Waals surface area contributed by atoms with E-state index < -0.39 is 12.0 Å². The Labute approximate surface area is 121 Å². The molecule has 7 nitrogen and oxygen atoms in total.